The van der Waals surface area contributed by atoms with E-state index in [4.69, 9.17) is 9.47 Å². The fraction of sp³-hybridized carbons (Fsp3) is 0.385. The highest BCUT2D eigenvalue weighted by Crippen LogP contribution is 2.32. The van der Waals surface area contributed by atoms with Gasteiger partial charge in [-0.25, -0.2) is 0 Å². The van der Waals surface area contributed by atoms with Gasteiger partial charge >= 0.3 is 0 Å². The number of hydrogen-bond acceptors (Lipinski definition) is 5. The van der Waals surface area contributed by atoms with Gasteiger partial charge in [-0.2, -0.15) is 0 Å². The second-order valence-electron chi connectivity index (χ2n) is 7.88. The van der Waals surface area contributed by atoms with Crippen molar-refractivity contribution in [3.05, 3.63) is 64.9 Å². The molecule has 2 aromatic carbocycles. The molecule has 0 spiro atoms. The molecule has 3 rings (SSSR count). The standard InChI is InChI=1S/C26H32N2O4/c1-5-15-32-21-11-9-20(10-12-21)23-24(27-22-13-8-18(3)17-19(22)4)26(30)28(25(23)29)14-7-16-31-6-2/h8-13,17,27H,5-7,14-16H2,1-4H3. The third-order valence-corrected chi connectivity index (χ3v) is 5.30. The number of ether oxygens (including phenoxy) is 2. The fourth-order valence-electron chi connectivity index (χ4n) is 3.66. The summed E-state index contributed by atoms with van der Waals surface area (Å²) in [7, 11) is 0. The Morgan fingerprint density at radius 3 is 2.34 bits per heavy atom. The fourth-order valence-corrected chi connectivity index (χ4v) is 3.66. The van der Waals surface area contributed by atoms with Crippen molar-refractivity contribution in [1.82, 2.24) is 4.90 Å². The second kappa shape index (κ2) is 11.0. The van der Waals surface area contributed by atoms with Gasteiger partial charge in [0.25, 0.3) is 11.8 Å². The quantitative estimate of drug-likeness (QED) is 0.408. The van der Waals surface area contributed by atoms with Crippen molar-refractivity contribution in [3.63, 3.8) is 0 Å². The summed E-state index contributed by atoms with van der Waals surface area (Å²) in [4.78, 5) is 27.9. The summed E-state index contributed by atoms with van der Waals surface area (Å²) in [6, 6.07) is 13.3. The SMILES string of the molecule is CCCOc1ccc(C2=C(Nc3ccc(C)cc3C)C(=O)N(CCCOCC)C2=O)cc1. The van der Waals surface area contributed by atoms with Crippen molar-refractivity contribution in [2.45, 2.75) is 40.5 Å². The van der Waals surface area contributed by atoms with E-state index in [9.17, 15) is 9.59 Å². The smallest absolute Gasteiger partial charge is 0.278 e. The number of hydrogen-bond donors (Lipinski definition) is 1. The van der Waals surface area contributed by atoms with Crippen LogP contribution in [0.3, 0.4) is 0 Å². The number of nitrogens with zero attached hydrogens (tertiary/aromatic N) is 1. The van der Waals surface area contributed by atoms with Gasteiger partial charge in [0.15, 0.2) is 0 Å². The molecule has 0 bridgehead atoms. The maximum absolute atomic E-state index is 13.3. The van der Waals surface area contributed by atoms with Crippen LogP contribution in [-0.2, 0) is 14.3 Å². The van der Waals surface area contributed by atoms with Gasteiger partial charge in [-0.1, -0.05) is 36.8 Å². The molecule has 0 aliphatic carbocycles. The number of benzene rings is 2. The van der Waals surface area contributed by atoms with Crippen LogP contribution in [0.2, 0.25) is 0 Å². The minimum atomic E-state index is -0.312. The van der Waals surface area contributed by atoms with Crippen molar-refractivity contribution in [3.8, 4) is 5.75 Å². The van der Waals surface area contributed by atoms with E-state index >= 15 is 0 Å². The van der Waals surface area contributed by atoms with Crippen LogP contribution in [-0.4, -0.2) is 43.1 Å². The first kappa shape index (κ1) is 23.5. The molecular weight excluding hydrogens is 404 g/mol. The lowest BCUT2D eigenvalue weighted by molar-refractivity contribution is -0.137. The van der Waals surface area contributed by atoms with Crippen LogP contribution in [0.25, 0.3) is 5.57 Å². The Bertz CT molecular complexity index is 995. The van der Waals surface area contributed by atoms with Crippen molar-refractivity contribution < 1.29 is 19.1 Å². The molecule has 0 aromatic heterocycles. The largest absolute Gasteiger partial charge is 0.494 e. The number of carbonyl (C=O) groups excluding carboxylic acids is 2. The van der Waals surface area contributed by atoms with Crippen LogP contribution in [0, 0.1) is 13.8 Å². The van der Waals surface area contributed by atoms with E-state index in [0.29, 0.717) is 49.6 Å². The first-order chi connectivity index (χ1) is 15.5. The summed E-state index contributed by atoms with van der Waals surface area (Å²) >= 11 is 0. The zero-order valence-corrected chi connectivity index (χ0v) is 19.4. The molecule has 0 atom stereocenters. The van der Waals surface area contributed by atoms with Gasteiger partial charge in [0.2, 0.25) is 0 Å². The Balaban J connectivity index is 1.93. The van der Waals surface area contributed by atoms with E-state index in [1.165, 1.54) is 4.90 Å². The highest BCUT2D eigenvalue weighted by molar-refractivity contribution is 6.36. The molecule has 170 valence electrons. The summed E-state index contributed by atoms with van der Waals surface area (Å²) in [6.45, 7) is 10.0. The zero-order chi connectivity index (χ0) is 23.1. The van der Waals surface area contributed by atoms with E-state index in [-0.39, 0.29) is 11.8 Å². The summed E-state index contributed by atoms with van der Waals surface area (Å²) in [5, 5.41) is 3.25. The maximum atomic E-state index is 13.3. The number of amides is 2. The molecule has 0 saturated carbocycles. The molecule has 1 N–H and O–H groups in total. The van der Waals surface area contributed by atoms with Crippen molar-refractivity contribution in [1.29, 1.82) is 0 Å². The molecule has 1 aliphatic heterocycles. The minimum Gasteiger partial charge on any atom is -0.494 e. The Morgan fingerprint density at radius 1 is 0.938 bits per heavy atom. The first-order valence-corrected chi connectivity index (χ1v) is 11.2. The molecule has 2 amide bonds. The van der Waals surface area contributed by atoms with Crippen molar-refractivity contribution >= 4 is 23.1 Å². The lowest BCUT2D eigenvalue weighted by Crippen LogP contribution is -2.34. The zero-order valence-electron chi connectivity index (χ0n) is 19.4. The summed E-state index contributed by atoms with van der Waals surface area (Å²) in [6.07, 6.45) is 1.51. The molecule has 6 nitrogen and oxygen atoms in total. The van der Waals surface area contributed by atoms with Crippen molar-refractivity contribution in [2.24, 2.45) is 0 Å². The van der Waals surface area contributed by atoms with Crippen LogP contribution >= 0.6 is 0 Å². The van der Waals surface area contributed by atoms with Gasteiger partial charge in [0.1, 0.15) is 11.4 Å². The van der Waals surface area contributed by atoms with Crippen LogP contribution in [0.1, 0.15) is 43.4 Å². The Labute approximate surface area is 190 Å². The normalized spacial score (nSPS) is 13.8. The van der Waals surface area contributed by atoms with E-state index in [0.717, 1.165) is 29.0 Å². The summed E-state index contributed by atoms with van der Waals surface area (Å²) < 4.78 is 11.0. The van der Waals surface area contributed by atoms with Crippen LogP contribution in [0.15, 0.2) is 48.2 Å². The topological polar surface area (TPSA) is 67.9 Å². The van der Waals surface area contributed by atoms with Gasteiger partial charge in [-0.15, -0.1) is 0 Å². The highest BCUT2D eigenvalue weighted by atomic mass is 16.5. The lowest BCUT2D eigenvalue weighted by atomic mass is 10.0. The molecule has 1 aliphatic rings. The average molecular weight is 437 g/mol. The molecule has 0 unspecified atom stereocenters. The number of nitrogens with one attached hydrogen (secondary N) is 1. The van der Waals surface area contributed by atoms with Crippen LogP contribution in [0.4, 0.5) is 5.69 Å². The van der Waals surface area contributed by atoms with Crippen LogP contribution < -0.4 is 10.1 Å². The minimum absolute atomic E-state index is 0.291. The first-order valence-electron chi connectivity index (χ1n) is 11.2. The molecule has 2 aromatic rings. The van der Waals surface area contributed by atoms with Gasteiger partial charge in [-0.3, -0.25) is 14.5 Å². The van der Waals surface area contributed by atoms with Gasteiger partial charge < -0.3 is 14.8 Å². The van der Waals surface area contributed by atoms with Gasteiger partial charge in [0, 0.05) is 25.4 Å². The predicted octanol–water partition coefficient (Wildman–Crippen LogP) is 4.71. The third-order valence-electron chi connectivity index (χ3n) is 5.30. The molecule has 0 saturated heterocycles. The molecule has 6 heteroatoms. The Hall–Kier alpha value is -3.12. The van der Waals surface area contributed by atoms with E-state index in [1.54, 1.807) is 0 Å². The highest BCUT2D eigenvalue weighted by Gasteiger charge is 2.39. The molecule has 0 fully saturated rings. The number of imide groups is 1. The monoisotopic (exact) mass is 436 g/mol. The number of carbonyl (C=O) groups is 2. The van der Waals surface area contributed by atoms with Gasteiger partial charge in [0.05, 0.1) is 12.2 Å². The van der Waals surface area contributed by atoms with Crippen molar-refractivity contribution in [2.75, 3.05) is 31.7 Å². The molecule has 32 heavy (non-hydrogen) atoms. The molecule has 0 radical (unpaired) electrons. The Kier molecular flexibility index (Phi) is 8.06. The number of rotatable bonds is 11. The predicted molar refractivity (Wildman–Crippen MR) is 127 cm³/mol. The Morgan fingerprint density at radius 2 is 1.69 bits per heavy atom. The van der Waals surface area contributed by atoms with E-state index in [1.807, 2.05) is 70.2 Å². The van der Waals surface area contributed by atoms with E-state index in [2.05, 4.69) is 5.32 Å². The second-order valence-corrected chi connectivity index (χ2v) is 7.88. The number of anilines is 1. The molecule has 1 heterocycles. The average Bonchev–Trinajstić information content (AvgIpc) is 3.01. The third kappa shape index (κ3) is 5.37. The molecular formula is C26H32N2O4. The lowest BCUT2D eigenvalue weighted by Gasteiger charge is -2.15. The van der Waals surface area contributed by atoms with Crippen LogP contribution in [0.5, 0.6) is 5.75 Å². The van der Waals surface area contributed by atoms with Gasteiger partial charge in [-0.05, 0) is 62.9 Å². The summed E-state index contributed by atoms with van der Waals surface area (Å²) in [5.41, 5.74) is 4.33. The van der Waals surface area contributed by atoms with E-state index < -0.39 is 0 Å². The number of aryl methyl sites for hydroxylation is 2. The maximum Gasteiger partial charge on any atom is 0.278 e. The summed E-state index contributed by atoms with van der Waals surface area (Å²) in [5.74, 6) is 0.138.